The lowest BCUT2D eigenvalue weighted by atomic mass is 9.91. The average molecular weight is 262 g/mol. The van der Waals surface area contributed by atoms with Crippen molar-refractivity contribution in [3.05, 3.63) is 70.1 Å². The van der Waals surface area contributed by atoms with Gasteiger partial charge in [-0.05, 0) is 29.7 Å². The van der Waals surface area contributed by atoms with E-state index in [-0.39, 0.29) is 5.92 Å². The molecule has 4 heteroatoms. The van der Waals surface area contributed by atoms with Gasteiger partial charge >= 0.3 is 0 Å². The predicted octanol–water partition coefficient (Wildman–Crippen LogP) is 2.92. The lowest BCUT2D eigenvalue weighted by Gasteiger charge is -2.11. The monoisotopic (exact) mass is 262 g/mol. The Hall–Kier alpha value is -2.80. The maximum absolute atomic E-state index is 10.6. The highest BCUT2D eigenvalue weighted by Crippen LogP contribution is 2.53. The molecule has 3 rings (SSSR count). The lowest BCUT2D eigenvalue weighted by molar-refractivity contribution is 0.564. The van der Waals surface area contributed by atoms with Gasteiger partial charge in [-0.3, -0.25) is 0 Å². The largest absolute Gasteiger partial charge is 0.240 e. The standard InChI is InChI=1S/C16H10N2O2/c1-10-12-7-13(17-8-19)15(16(10)18-9-20)14(12)11-5-3-2-4-6-11/h2-7,14H,1H3. The number of isocyanates is 2. The van der Waals surface area contributed by atoms with E-state index in [1.807, 2.05) is 43.3 Å². The number of carbonyl (C=O) groups excluding carboxylic acids is 2. The van der Waals surface area contributed by atoms with Crippen LogP contribution in [0, 0.1) is 0 Å². The molecule has 0 amide bonds. The summed E-state index contributed by atoms with van der Waals surface area (Å²) in [5.74, 6) is -0.0181. The summed E-state index contributed by atoms with van der Waals surface area (Å²) in [6, 6.07) is 9.86. The molecule has 20 heavy (non-hydrogen) atoms. The van der Waals surface area contributed by atoms with Gasteiger partial charge in [0, 0.05) is 11.5 Å². The number of hydrogen-bond donors (Lipinski definition) is 0. The highest BCUT2D eigenvalue weighted by molar-refractivity contribution is 5.72. The second kappa shape index (κ2) is 4.71. The van der Waals surface area contributed by atoms with Crippen molar-refractivity contribution in [1.29, 1.82) is 0 Å². The van der Waals surface area contributed by atoms with Crippen molar-refractivity contribution in [2.24, 2.45) is 9.98 Å². The van der Waals surface area contributed by atoms with Gasteiger partial charge in [0.2, 0.25) is 12.2 Å². The quantitative estimate of drug-likeness (QED) is 0.621. The first-order chi connectivity index (χ1) is 9.77. The van der Waals surface area contributed by atoms with Gasteiger partial charge in [-0.2, -0.15) is 9.98 Å². The van der Waals surface area contributed by atoms with Gasteiger partial charge in [-0.25, -0.2) is 9.59 Å². The fourth-order valence-corrected chi connectivity index (χ4v) is 2.86. The number of hydrogen-bond acceptors (Lipinski definition) is 4. The van der Waals surface area contributed by atoms with Crippen LogP contribution in [0.5, 0.6) is 0 Å². The Labute approximate surface area is 115 Å². The van der Waals surface area contributed by atoms with Gasteiger partial charge in [0.15, 0.2) is 0 Å². The van der Waals surface area contributed by atoms with Crippen molar-refractivity contribution in [2.75, 3.05) is 0 Å². The highest BCUT2D eigenvalue weighted by atomic mass is 16.1. The molecular weight excluding hydrogens is 252 g/mol. The van der Waals surface area contributed by atoms with Crippen molar-refractivity contribution < 1.29 is 9.59 Å². The van der Waals surface area contributed by atoms with Crippen LogP contribution in [-0.4, -0.2) is 12.2 Å². The molecule has 4 nitrogen and oxygen atoms in total. The third-order valence-corrected chi connectivity index (χ3v) is 3.67. The summed E-state index contributed by atoms with van der Waals surface area (Å²) in [6.07, 6.45) is 4.99. The van der Waals surface area contributed by atoms with Gasteiger partial charge in [0.25, 0.3) is 0 Å². The van der Waals surface area contributed by atoms with Crippen LogP contribution in [0.25, 0.3) is 0 Å². The summed E-state index contributed by atoms with van der Waals surface area (Å²) in [6.45, 7) is 1.91. The first-order valence-electron chi connectivity index (χ1n) is 6.16. The minimum atomic E-state index is -0.0181. The molecule has 2 aliphatic rings. The van der Waals surface area contributed by atoms with Crippen LogP contribution >= 0.6 is 0 Å². The van der Waals surface area contributed by atoms with Crippen molar-refractivity contribution in [3.8, 4) is 0 Å². The minimum Gasteiger partial charge on any atom is -0.211 e. The molecule has 0 aliphatic heterocycles. The maximum atomic E-state index is 10.6. The molecule has 0 saturated heterocycles. The van der Waals surface area contributed by atoms with Gasteiger partial charge in [-0.1, -0.05) is 30.3 Å². The van der Waals surface area contributed by atoms with Crippen LogP contribution in [0.1, 0.15) is 18.4 Å². The average Bonchev–Trinajstić information content (AvgIpc) is 2.95. The van der Waals surface area contributed by atoms with Gasteiger partial charge in [-0.15, -0.1) is 0 Å². The molecule has 0 aromatic heterocycles. The molecule has 0 radical (unpaired) electrons. The lowest BCUT2D eigenvalue weighted by Crippen LogP contribution is -1.97. The molecule has 1 atom stereocenters. The normalized spacial score (nSPS) is 19.6. The summed E-state index contributed by atoms with van der Waals surface area (Å²) in [7, 11) is 0. The van der Waals surface area contributed by atoms with E-state index in [1.165, 1.54) is 0 Å². The number of fused-ring (bicyclic) bond motifs is 2. The van der Waals surface area contributed by atoms with E-state index in [0.29, 0.717) is 11.4 Å². The Kier molecular flexibility index (Phi) is 2.88. The van der Waals surface area contributed by atoms with Gasteiger partial charge in [0.05, 0.1) is 11.4 Å². The first-order valence-corrected chi connectivity index (χ1v) is 6.16. The molecular formula is C16H10N2O2. The Morgan fingerprint density at radius 2 is 1.75 bits per heavy atom. The van der Waals surface area contributed by atoms with E-state index >= 15 is 0 Å². The zero-order valence-corrected chi connectivity index (χ0v) is 10.8. The van der Waals surface area contributed by atoms with E-state index < -0.39 is 0 Å². The van der Waals surface area contributed by atoms with Crippen molar-refractivity contribution in [3.63, 3.8) is 0 Å². The smallest absolute Gasteiger partial charge is 0.211 e. The fraction of sp³-hybridized carbons (Fsp3) is 0.125. The third-order valence-electron chi connectivity index (χ3n) is 3.67. The zero-order valence-electron chi connectivity index (χ0n) is 10.8. The second-order valence-corrected chi connectivity index (χ2v) is 4.62. The van der Waals surface area contributed by atoms with Crippen molar-refractivity contribution in [1.82, 2.24) is 0 Å². The van der Waals surface area contributed by atoms with Crippen molar-refractivity contribution >= 4 is 12.2 Å². The molecule has 0 fully saturated rings. The van der Waals surface area contributed by atoms with E-state index in [0.717, 1.165) is 22.3 Å². The summed E-state index contributed by atoms with van der Waals surface area (Å²) >= 11 is 0. The van der Waals surface area contributed by atoms with Crippen LogP contribution in [0.2, 0.25) is 0 Å². The van der Waals surface area contributed by atoms with Crippen LogP contribution in [0.15, 0.2) is 74.5 Å². The summed E-state index contributed by atoms with van der Waals surface area (Å²) in [4.78, 5) is 28.7. The number of benzene rings is 1. The Bertz CT molecular complexity index is 772. The third kappa shape index (κ3) is 1.64. The van der Waals surface area contributed by atoms with Crippen LogP contribution in [0.3, 0.4) is 0 Å². The summed E-state index contributed by atoms with van der Waals surface area (Å²) < 4.78 is 0. The number of aliphatic imine (C=N–C) groups is 2. The summed E-state index contributed by atoms with van der Waals surface area (Å²) in [5.41, 5.74) is 4.93. The molecule has 1 aromatic rings. The van der Waals surface area contributed by atoms with E-state index in [2.05, 4.69) is 9.98 Å². The topological polar surface area (TPSA) is 58.9 Å². The molecule has 1 aromatic carbocycles. The molecule has 2 bridgehead atoms. The van der Waals surface area contributed by atoms with Crippen LogP contribution in [-0.2, 0) is 9.59 Å². The van der Waals surface area contributed by atoms with Gasteiger partial charge in [0.1, 0.15) is 0 Å². The number of allylic oxidation sites excluding steroid dienone is 4. The van der Waals surface area contributed by atoms with Crippen LogP contribution < -0.4 is 0 Å². The van der Waals surface area contributed by atoms with Crippen LogP contribution in [0.4, 0.5) is 0 Å². The Balaban J connectivity index is 2.22. The Morgan fingerprint density at radius 1 is 1.05 bits per heavy atom. The number of rotatable bonds is 3. The Morgan fingerprint density at radius 3 is 2.40 bits per heavy atom. The molecule has 2 aliphatic carbocycles. The summed E-state index contributed by atoms with van der Waals surface area (Å²) in [5, 5.41) is 0. The van der Waals surface area contributed by atoms with E-state index in [9.17, 15) is 9.59 Å². The fourth-order valence-electron chi connectivity index (χ4n) is 2.86. The SMILES string of the molecule is CC1=C(N=C=O)C2=C(N=C=O)C=C1C2c1ccccc1. The molecule has 0 N–H and O–H groups in total. The van der Waals surface area contributed by atoms with Gasteiger partial charge < -0.3 is 0 Å². The molecule has 0 spiro atoms. The molecule has 96 valence electrons. The van der Waals surface area contributed by atoms with E-state index in [1.54, 1.807) is 12.2 Å². The van der Waals surface area contributed by atoms with E-state index in [4.69, 9.17) is 0 Å². The second-order valence-electron chi connectivity index (χ2n) is 4.62. The minimum absolute atomic E-state index is 0.0181. The predicted molar refractivity (Wildman–Crippen MR) is 73.2 cm³/mol. The zero-order chi connectivity index (χ0) is 14.1. The first kappa shape index (κ1) is 12.2. The van der Waals surface area contributed by atoms with Crippen molar-refractivity contribution in [2.45, 2.75) is 12.8 Å². The number of nitrogens with zero attached hydrogens (tertiary/aromatic N) is 2. The molecule has 0 heterocycles. The molecule has 0 saturated carbocycles. The molecule has 1 unspecified atom stereocenters. The highest BCUT2D eigenvalue weighted by Gasteiger charge is 2.39. The maximum Gasteiger partial charge on any atom is 0.240 e.